The third-order valence-electron chi connectivity index (χ3n) is 3.65. The average Bonchev–Trinajstić information content (AvgIpc) is 2.93. The second-order valence-corrected chi connectivity index (χ2v) is 5.07. The number of amides is 1. The van der Waals surface area contributed by atoms with Crippen LogP contribution < -0.4 is 11.1 Å². The van der Waals surface area contributed by atoms with E-state index in [-0.39, 0.29) is 16.9 Å². The smallest absolute Gasteiger partial charge is 0.227 e. The Hall–Kier alpha value is -0.610. The zero-order chi connectivity index (χ0) is 10.9. The summed E-state index contributed by atoms with van der Waals surface area (Å²) in [4.78, 5) is 11.8. The summed E-state index contributed by atoms with van der Waals surface area (Å²) in [6.07, 6.45) is 4.00. The molecule has 2 fully saturated rings. The van der Waals surface area contributed by atoms with Crippen LogP contribution in [0.3, 0.4) is 0 Å². The number of hydrogen-bond acceptors (Lipinski definition) is 3. The van der Waals surface area contributed by atoms with Gasteiger partial charge in [0.2, 0.25) is 5.91 Å². The van der Waals surface area contributed by atoms with Crippen LogP contribution in [0.25, 0.3) is 0 Å². The molecule has 1 atom stereocenters. The molecule has 0 aromatic rings. The van der Waals surface area contributed by atoms with E-state index in [4.69, 9.17) is 10.5 Å². The van der Waals surface area contributed by atoms with Crippen molar-refractivity contribution in [2.24, 2.45) is 11.1 Å². The lowest BCUT2D eigenvalue weighted by Crippen LogP contribution is -2.44. The molecule has 4 heteroatoms. The molecule has 1 aliphatic carbocycles. The van der Waals surface area contributed by atoms with Crippen LogP contribution >= 0.6 is 0 Å². The zero-order valence-corrected chi connectivity index (χ0v) is 9.34. The van der Waals surface area contributed by atoms with Gasteiger partial charge in [-0.15, -0.1) is 0 Å². The number of nitrogens with two attached hydrogens (primary N) is 1. The zero-order valence-electron chi connectivity index (χ0n) is 9.34. The first-order valence-corrected chi connectivity index (χ1v) is 5.73. The summed E-state index contributed by atoms with van der Waals surface area (Å²) in [6.45, 7) is 3.96. The number of ether oxygens (including phenoxy) is 1. The Balaban J connectivity index is 1.80. The van der Waals surface area contributed by atoms with Gasteiger partial charge in [-0.1, -0.05) is 0 Å². The predicted molar refractivity (Wildman–Crippen MR) is 57.3 cm³/mol. The van der Waals surface area contributed by atoms with Gasteiger partial charge in [0.05, 0.1) is 11.0 Å². The molecule has 86 valence electrons. The van der Waals surface area contributed by atoms with Crippen molar-refractivity contribution in [3.8, 4) is 0 Å². The highest BCUT2D eigenvalue weighted by Crippen LogP contribution is 2.44. The maximum atomic E-state index is 11.8. The fourth-order valence-corrected chi connectivity index (χ4v) is 2.11. The molecular formula is C11H20N2O2. The van der Waals surface area contributed by atoms with Gasteiger partial charge >= 0.3 is 0 Å². The van der Waals surface area contributed by atoms with Gasteiger partial charge < -0.3 is 15.8 Å². The van der Waals surface area contributed by atoms with E-state index in [1.54, 1.807) is 0 Å². The van der Waals surface area contributed by atoms with Crippen LogP contribution in [0.15, 0.2) is 0 Å². The summed E-state index contributed by atoms with van der Waals surface area (Å²) < 4.78 is 5.61. The Bertz CT molecular complexity index is 255. The molecule has 1 amide bonds. The molecule has 1 unspecified atom stereocenters. The van der Waals surface area contributed by atoms with E-state index in [1.807, 2.05) is 0 Å². The van der Waals surface area contributed by atoms with E-state index >= 15 is 0 Å². The lowest BCUT2D eigenvalue weighted by Gasteiger charge is -2.24. The van der Waals surface area contributed by atoms with Crippen molar-refractivity contribution in [1.29, 1.82) is 0 Å². The van der Waals surface area contributed by atoms with E-state index in [9.17, 15) is 4.79 Å². The molecule has 0 aromatic carbocycles. The summed E-state index contributed by atoms with van der Waals surface area (Å²) >= 11 is 0. The van der Waals surface area contributed by atoms with Crippen LogP contribution in [0.2, 0.25) is 0 Å². The number of rotatable bonds is 4. The van der Waals surface area contributed by atoms with Gasteiger partial charge in [0, 0.05) is 19.7 Å². The minimum atomic E-state index is -0.241. The lowest BCUT2D eigenvalue weighted by atomic mass is 10.0. The largest absolute Gasteiger partial charge is 0.373 e. The fraction of sp³-hybridized carbons (Fsp3) is 0.909. The molecule has 0 bridgehead atoms. The van der Waals surface area contributed by atoms with E-state index in [1.165, 1.54) is 0 Å². The first kappa shape index (κ1) is 10.9. The van der Waals surface area contributed by atoms with Crippen LogP contribution in [0.5, 0.6) is 0 Å². The molecule has 1 heterocycles. The number of hydrogen-bond donors (Lipinski definition) is 2. The molecule has 1 aliphatic heterocycles. The van der Waals surface area contributed by atoms with Crippen molar-refractivity contribution < 1.29 is 9.53 Å². The van der Waals surface area contributed by atoms with Crippen LogP contribution in [0.1, 0.15) is 32.6 Å². The molecule has 4 nitrogen and oxygen atoms in total. The van der Waals surface area contributed by atoms with Crippen LogP contribution in [0, 0.1) is 5.41 Å². The van der Waals surface area contributed by atoms with Crippen molar-refractivity contribution in [1.82, 2.24) is 5.32 Å². The monoisotopic (exact) mass is 212 g/mol. The number of carbonyl (C=O) groups excluding carboxylic acids is 1. The van der Waals surface area contributed by atoms with Crippen molar-refractivity contribution in [2.45, 2.75) is 38.2 Å². The van der Waals surface area contributed by atoms with Crippen molar-refractivity contribution in [3.63, 3.8) is 0 Å². The topological polar surface area (TPSA) is 64.4 Å². The quantitative estimate of drug-likeness (QED) is 0.709. The molecule has 3 N–H and O–H groups in total. The molecule has 1 saturated carbocycles. The van der Waals surface area contributed by atoms with Gasteiger partial charge in [0.25, 0.3) is 0 Å². The standard InChI is InChI=1S/C11H20N2O2/c1-10(3-2-6-15-10)8-13-9(14)11(7-12)4-5-11/h2-8,12H2,1H3,(H,13,14). The highest BCUT2D eigenvalue weighted by Gasteiger charge is 2.48. The Labute approximate surface area is 90.5 Å². The SMILES string of the molecule is CC1(CNC(=O)C2(CN)CC2)CCCO1. The maximum absolute atomic E-state index is 11.8. The highest BCUT2D eigenvalue weighted by atomic mass is 16.5. The number of carbonyl (C=O) groups is 1. The van der Waals surface area contributed by atoms with E-state index in [2.05, 4.69) is 12.2 Å². The molecule has 15 heavy (non-hydrogen) atoms. The summed E-state index contributed by atoms with van der Waals surface area (Å²) in [6, 6.07) is 0. The second kappa shape index (κ2) is 3.76. The molecule has 2 aliphatic rings. The van der Waals surface area contributed by atoms with Gasteiger partial charge in [0.1, 0.15) is 0 Å². The van der Waals surface area contributed by atoms with Gasteiger partial charge in [-0.2, -0.15) is 0 Å². The van der Waals surface area contributed by atoms with Crippen molar-refractivity contribution >= 4 is 5.91 Å². The van der Waals surface area contributed by atoms with Crippen LogP contribution in [-0.4, -0.2) is 31.2 Å². The van der Waals surface area contributed by atoms with Gasteiger partial charge in [-0.05, 0) is 32.6 Å². The summed E-state index contributed by atoms with van der Waals surface area (Å²) in [5.41, 5.74) is 5.20. The first-order chi connectivity index (χ1) is 7.10. The third-order valence-corrected chi connectivity index (χ3v) is 3.65. The molecule has 0 aromatic heterocycles. The van der Waals surface area contributed by atoms with E-state index in [0.29, 0.717) is 13.1 Å². The Morgan fingerprint density at radius 3 is 2.67 bits per heavy atom. The normalized spacial score (nSPS) is 32.7. The van der Waals surface area contributed by atoms with Crippen LogP contribution in [0.4, 0.5) is 0 Å². The maximum Gasteiger partial charge on any atom is 0.227 e. The molecule has 2 rings (SSSR count). The Morgan fingerprint density at radius 2 is 2.20 bits per heavy atom. The second-order valence-electron chi connectivity index (χ2n) is 5.07. The van der Waals surface area contributed by atoms with Gasteiger partial charge in [-0.25, -0.2) is 0 Å². The Morgan fingerprint density at radius 1 is 1.47 bits per heavy atom. The average molecular weight is 212 g/mol. The fourth-order valence-electron chi connectivity index (χ4n) is 2.11. The molecule has 0 radical (unpaired) electrons. The highest BCUT2D eigenvalue weighted by molar-refractivity contribution is 5.85. The van der Waals surface area contributed by atoms with Crippen molar-refractivity contribution in [3.05, 3.63) is 0 Å². The number of nitrogens with one attached hydrogen (secondary N) is 1. The van der Waals surface area contributed by atoms with Crippen molar-refractivity contribution in [2.75, 3.05) is 19.7 Å². The van der Waals surface area contributed by atoms with E-state index < -0.39 is 0 Å². The summed E-state index contributed by atoms with van der Waals surface area (Å²) in [7, 11) is 0. The summed E-state index contributed by atoms with van der Waals surface area (Å²) in [5.74, 6) is 0.113. The molecule has 0 spiro atoms. The first-order valence-electron chi connectivity index (χ1n) is 5.73. The predicted octanol–water partition coefficient (Wildman–Crippen LogP) is 0.411. The van der Waals surface area contributed by atoms with Gasteiger partial charge in [0.15, 0.2) is 0 Å². The van der Waals surface area contributed by atoms with E-state index in [0.717, 1.165) is 32.3 Å². The minimum Gasteiger partial charge on any atom is -0.373 e. The molecular weight excluding hydrogens is 192 g/mol. The van der Waals surface area contributed by atoms with Crippen LogP contribution in [-0.2, 0) is 9.53 Å². The third kappa shape index (κ3) is 2.16. The summed E-state index contributed by atoms with van der Waals surface area (Å²) in [5, 5.41) is 2.97. The van der Waals surface area contributed by atoms with Gasteiger partial charge in [-0.3, -0.25) is 4.79 Å². The lowest BCUT2D eigenvalue weighted by molar-refractivity contribution is -0.127. The Kier molecular flexibility index (Phi) is 2.73. The minimum absolute atomic E-state index is 0.113. The molecule has 1 saturated heterocycles.